The lowest BCUT2D eigenvalue weighted by Crippen LogP contribution is -2.39. The number of aliphatic carboxylic acids is 1. The molecule has 0 heterocycles. The molecule has 6 heteroatoms. The van der Waals surface area contributed by atoms with E-state index in [0.717, 1.165) is 0 Å². The largest absolute Gasteiger partial charge is 0.480 e. The summed E-state index contributed by atoms with van der Waals surface area (Å²) in [6.07, 6.45) is 0. The van der Waals surface area contributed by atoms with Crippen molar-refractivity contribution in [3.63, 3.8) is 0 Å². The summed E-state index contributed by atoms with van der Waals surface area (Å²) in [5, 5.41) is 8.28. The molecule has 0 saturated carbocycles. The van der Waals surface area contributed by atoms with Crippen LogP contribution in [0.5, 0.6) is 0 Å². The molecule has 0 fully saturated rings. The molecule has 0 spiro atoms. The second-order valence-electron chi connectivity index (χ2n) is 3.30. The van der Waals surface area contributed by atoms with Crippen LogP contribution < -0.4 is 4.72 Å². The zero-order chi connectivity index (χ0) is 10.6. The number of carbonyl (C=O) groups is 1. The Labute approximate surface area is 78.2 Å². The fraction of sp³-hybridized carbons (Fsp3) is 0.857. The van der Waals surface area contributed by atoms with Crippen LogP contribution in [-0.4, -0.2) is 31.3 Å². The highest BCUT2D eigenvalue weighted by molar-refractivity contribution is 7.90. The maximum absolute atomic E-state index is 11.1. The quantitative estimate of drug-likeness (QED) is 0.669. The fourth-order valence-corrected chi connectivity index (χ4v) is 1.87. The van der Waals surface area contributed by atoms with Crippen molar-refractivity contribution in [1.29, 1.82) is 0 Å². The van der Waals surface area contributed by atoms with E-state index < -0.39 is 21.7 Å². The van der Waals surface area contributed by atoms with E-state index in [2.05, 4.69) is 4.72 Å². The van der Waals surface area contributed by atoms with Crippen molar-refractivity contribution in [2.45, 2.75) is 26.8 Å². The van der Waals surface area contributed by atoms with Gasteiger partial charge in [0.2, 0.25) is 10.0 Å². The smallest absolute Gasteiger partial charge is 0.320 e. The number of rotatable bonds is 5. The number of hydrogen-bond acceptors (Lipinski definition) is 3. The van der Waals surface area contributed by atoms with Crippen molar-refractivity contribution in [2.75, 3.05) is 5.75 Å². The van der Waals surface area contributed by atoms with Crippen molar-refractivity contribution in [1.82, 2.24) is 4.72 Å². The monoisotopic (exact) mass is 209 g/mol. The molecule has 0 amide bonds. The molecule has 1 atom stereocenters. The molecule has 0 radical (unpaired) electrons. The summed E-state index contributed by atoms with van der Waals surface area (Å²) in [5.74, 6) is -2.07. The SMILES string of the molecule is CC(C)C(C)NS(=O)(=O)CC(=O)O. The van der Waals surface area contributed by atoms with Crippen LogP contribution >= 0.6 is 0 Å². The minimum atomic E-state index is -3.67. The first-order valence-corrected chi connectivity index (χ1v) is 5.61. The lowest BCUT2D eigenvalue weighted by Gasteiger charge is -2.16. The molecule has 2 N–H and O–H groups in total. The van der Waals surface area contributed by atoms with Gasteiger partial charge in [0.15, 0.2) is 5.75 Å². The molecule has 13 heavy (non-hydrogen) atoms. The summed E-state index contributed by atoms with van der Waals surface area (Å²) in [7, 11) is -3.67. The average molecular weight is 209 g/mol. The Kier molecular flexibility index (Phi) is 4.35. The minimum Gasteiger partial charge on any atom is -0.480 e. The van der Waals surface area contributed by atoms with E-state index in [1.807, 2.05) is 13.8 Å². The number of hydrogen-bond donors (Lipinski definition) is 2. The highest BCUT2D eigenvalue weighted by Crippen LogP contribution is 2.01. The first-order valence-electron chi connectivity index (χ1n) is 3.96. The van der Waals surface area contributed by atoms with Gasteiger partial charge in [-0.25, -0.2) is 13.1 Å². The van der Waals surface area contributed by atoms with Crippen LogP contribution in [0.15, 0.2) is 0 Å². The van der Waals surface area contributed by atoms with E-state index in [-0.39, 0.29) is 12.0 Å². The standard InChI is InChI=1S/C7H15NO4S/c1-5(2)6(3)8-13(11,12)4-7(9)10/h5-6,8H,4H2,1-3H3,(H,9,10). The number of carboxylic acids is 1. The van der Waals surface area contributed by atoms with Crippen molar-refractivity contribution < 1.29 is 18.3 Å². The Bertz CT molecular complexity index is 270. The maximum atomic E-state index is 11.1. The minimum absolute atomic E-state index is 0.142. The van der Waals surface area contributed by atoms with Gasteiger partial charge in [0.05, 0.1) is 0 Å². The van der Waals surface area contributed by atoms with Crippen LogP contribution in [0.2, 0.25) is 0 Å². The summed E-state index contributed by atoms with van der Waals surface area (Å²) >= 11 is 0. The molecule has 0 aliphatic carbocycles. The highest BCUT2D eigenvalue weighted by atomic mass is 32.2. The molecular formula is C7H15NO4S. The molecule has 0 aliphatic heterocycles. The van der Waals surface area contributed by atoms with Crippen molar-refractivity contribution in [3.05, 3.63) is 0 Å². The Morgan fingerprint density at radius 2 is 1.85 bits per heavy atom. The lowest BCUT2D eigenvalue weighted by molar-refractivity contribution is -0.134. The van der Waals surface area contributed by atoms with E-state index in [4.69, 9.17) is 5.11 Å². The van der Waals surface area contributed by atoms with Gasteiger partial charge in [-0.1, -0.05) is 13.8 Å². The van der Waals surface area contributed by atoms with Crippen molar-refractivity contribution >= 4 is 16.0 Å². The molecule has 0 aromatic carbocycles. The summed E-state index contributed by atoms with van der Waals surface area (Å²) in [6.45, 7) is 5.41. The Morgan fingerprint density at radius 3 is 2.15 bits per heavy atom. The molecule has 0 rings (SSSR count). The summed E-state index contributed by atoms with van der Waals surface area (Å²) in [6, 6.07) is -0.246. The van der Waals surface area contributed by atoms with E-state index in [9.17, 15) is 13.2 Å². The van der Waals surface area contributed by atoms with Crippen LogP contribution in [0.25, 0.3) is 0 Å². The number of sulfonamides is 1. The molecule has 0 aliphatic rings. The van der Waals surface area contributed by atoms with E-state index in [0.29, 0.717) is 0 Å². The molecule has 78 valence electrons. The van der Waals surface area contributed by atoms with Crippen molar-refractivity contribution in [2.24, 2.45) is 5.92 Å². The summed E-state index contributed by atoms with van der Waals surface area (Å²) < 4.78 is 24.4. The van der Waals surface area contributed by atoms with E-state index in [1.54, 1.807) is 6.92 Å². The second kappa shape index (κ2) is 4.57. The Hall–Kier alpha value is -0.620. The third-order valence-electron chi connectivity index (χ3n) is 1.68. The average Bonchev–Trinajstić information content (AvgIpc) is 1.81. The number of carboxylic acid groups (broad SMARTS) is 1. The molecule has 0 aromatic heterocycles. The molecule has 0 saturated heterocycles. The normalized spacial score (nSPS) is 14.5. The van der Waals surface area contributed by atoms with Crippen LogP contribution in [-0.2, 0) is 14.8 Å². The van der Waals surface area contributed by atoms with Gasteiger partial charge in [-0.2, -0.15) is 0 Å². The van der Waals surface area contributed by atoms with Crippen molar-refractivity contribution in [3.8, 4) is 0 Å². The van der Waals surface area contributed by atoms with Gasteiger partial charge in [-0.05, 0) is 12.8 Å². The first kappa shape index (κ1) is 12.4. The molecule has 5 nitrogen and oxygen atoms in total. The highest BCUT2D eigenvalue weighted by Gasteiger charge is 2.19. The molecule has 0 bridgehead atoms. The van der Waals surface area contributed by atoms with Gasteiger partial charge in [0, 0.05) is 6.04 Å². The van der Waals surface area contributed by atoms with Gasteiger partial charge in [0.25, 0.3) is 0 Å². The van der Waals surface area contributed by atoms with Crippen LogP contribution in [0.1, 0.15) is 20.8 Å². The van der Waals surface area contributed by atoms with E-state index >= 15 is 0 Å². The van der Waals surface area contributed by atoms with Crippen LogP contribution in [0.3, 0.4) is 0 Å². The topological polar surface area (TPSA) is 83.5 Å². The molecular weight excluding hydrogens is 194 g/mol. The van der Waals surface area contributed by atoms with E-state index in [1.165, 1.54) is 0 Å². The molecule has 0 aromatic rings. The Balaban J connectivity index is 4.26. The maximum Gasteiger partial charge on any atom is 0.320 e. The summed E-state index contributed by atoms with van der Waals surface area (Å²) in [4.78, 5) is 10.1. The first-order chi connectivity index (χ1) is 5.74. The predicted molar refractivity (Wildman–Crippen MR) is 48.9 cm³/mol. The second-order valence-corrected chi connectivity index (χ2v) is 5.06. The van der Waals surface area contributed by atoms with Crippen LogP contribution in [0.4, 0.5) is 0 Å². The van der Waals surface area contributed by atoms with Gasteiger partial charge in [-0.3, -0.25) is 4.79 Å². The van der Waals surface area contributed by atoms with Gasteiger partial charge < -0.3 is 5.11 Å². The summed E-state index contributed by atoms with van der Waals surface area (Å²) in [5.41, 5.74) is 0. The van der Waals surface area contributed by atoms with Crippen LogP contribution in [0, 0.1) is 5.92 Å². The van der Waals surface area contributed by atoms with Gasteiger partial charge >= 0.3 is 5.97 Å². The zero-order valence-corrected chi connectivity index (χ0v) is 8.76. The predicted octanol–water partition coefficient (Wildman–Crippen LogP) is 0.0349. The molecule has 1 unspecified atom stereocenters. The third kappa shape index (κ3) is 5.59. The number of nitrogens with one attached hydrogen (secondary N) is 1. The Morgan fingerprint density at radius 1 is 1.38 bits per heavy atom. The van der Waals surface area contributed by atoms with Gasteiger partial charge in [0.1, 0.15) is 0 Å². The third-order valence-corrected chi connectivity index (χ3v) is 3.04. The zero-order valence-electron chi connectivity index (χ0n) is 7.94. The fourth-order valence-electron chi connectivity index (χ4n) is 0.624. The lowest BCUT2D eigenvalue weighted by atomic mass is 10.1. The van der Waals surface area contributed by atoms with Gasteiger partial charge in [-0.15, -0.1) is 0 Å².